The lowest BCUT2D eigenvalue weighted by Crippen LogP contribution is -2.31. The number of hydrogen-bond acceptors (Lipinski definition) is 3. The summed E-state index contributed by atoms with van der Waals surface area (Å²) >= 11 is 0. The van der Waals surface area contributed by atoms with Crippen LogP contribution in [0.5, 0.6) is 0 Å². The van der Waals surface area contributed by atoms with Crippen molar-refractivity contribution < 1.29 is 4.57 Å². The molecule has 0 radical (unpaired) electrons. The molecule has 0 atom stereocenters. The highest BCUT2D eigenvalue weighted by Gasteiger charge is 2.31. The highest BCUT2D eigenvalue weighted by atomic mass is 15.2. The summed E-state index contributed by atoms with van der Waals surface area (Å²) in [7, 11) is 0. The van der Waals surface area contributed by atoms with E-state index >= 15 is 0 Å². The predicted molar refractivity (Wildman–Crippen MR) is 189 cm³/mol. The molecule has 1 aliphatic heterocycles. The highest BCUT2D eigenvalue weighted by molar-refractivity contribution is 6.24. The fraction of sp³-hybridized carbons (Fsp3) is 0. The van der Waals surface area contributed by atoms with Crippen LogP contribution in [0.2, 0.25) is 0 Å². The van der Waals surface area contributed by atoms with E-state index in [0.717, 1.165) is 39.0 Å². The van der Waals surface area contributed by atoms with E-state index in [1.807, 2.05) is 36.4 Å². The molecule has 5 nitrogen and oxygen atoms in total. The van der Waals surface area contributed by atoms with Gasteiger partial charge >= 0.3 is 0 Å². The summed E-state index contributed by atoms with van der Waals surface area (Å²) in [6.45, 7) is 0. The van der Waals surface area contributed by atoms with Gasteiger partial charge in [-0.2, -0.15) is 14.5 Å². The van der Waals surface area contributed by atoms with Gasteiger partial charge in [-0.1, -0.05) is 103 Å². The van der Waals surface area contributed by atoms with Crippen LogP contribution >= 0.6 is 0 Å². The minimum absolute atomic E-state index is 0.588. The SMILES string of the molecule is c1ccc(-c2cc3c4c5c(ccc6ccc[n+](c65)-c5ccccc5-3)n(-c3nc(-c5ccccc5)nc(-c5ccccc5)n3)c4c2)cc1. The van der Waals surface area contributed by atoms with E-state index in [-0.39, 0.29) is 0 Å². The molecule has 6 aromatic carbocycles. The van der Waals surface area contributed by atoms with E-state index < -0.39 is 0 Å². The van der Waals surface area contributed by atoms with Crippen LogP contribution in [0.25, 0.3) is 89.4 Å². The van der Waals surface area contributed by atoms with Gasteiger partial charge in [-0.25, -0.2) is 4.98 Å². The molecule has 1 aliphatic rings. The van der Waals surface area contributed by atoms with Crippen molar-refractivity contribution in [3.8, 4) is 56.7 Å². The third-order valence-electron chi connectivity index (χ3n) is 9.24. The lowest BCUT2D eigenvalue weighted by Gasteiger charge is -2.13. The maximum absolute atomic E-state index is 5.20. The first-order chi connectivity index (χ1) is 23.3. The van der Waals surface area contributed by atoms with E-state index in [1.54, 1.807) is 0 Å². The van der Waals surface area contributed by atoms with E-state index in [2.05, 4.69) is 131 Å². The lowest BCUT2D eigenvalue weighted by atomic mass is 9.94. The minimum atomic E-state index is 0.588. The van der Waals surface area contributed by atoms with Gasteiger partial charge < -0.3 is 0 Å². The molecule has 0 bridgehead atoms. The quantitative estimate of drug-likeness (QED) is 0.189. The van der Waals surface area contributed by atoms with Gasteiger partial charge in [-0.3, -0.25) is 4.57 Å². The van der Waals surface area contributed by atoms with Crippen LogP contribution in [0, 0.1) is 0 Å². The van der Waals surface area contributed by atoms with Crippen LogP contribution in [0.1, 0.15) is 0 Å². The van der Waals surface area contributed by atoms with E-state index in [0.29, 0.717) is 17.6 Å². The van der Waals surface area contributed by atoms with Gasteiger partial charge in [0.1, 0.15) is 0 Å². The number of pyridine rings is 1. The zero-order valence-corrected chi connectivity index (χ0v) is 25.2. The Bertz CT molecular complexity index is 2600. The number of para-hydroxylation sites is 1. The van der Waals surface area contributed by atoms with E-state index in [1.165, 1.54) is 32.8 Å². The van der Waals surface area contributed by atoms with Crippen molar-refractivity contribution in [1.29, 1.82) is 0 Å². The highest BCUT2D eigenvalue weighted by Crippen LogP contribution is 2.45. The summed E-state index contributed by atoms with van der Waals surface area (Å²) in [4.78, 5) is 15.4. The molecule has 47 heavy (non-hydrogen) atoms. The molecule has 0 amide bonds. The van der Waals surface area contributed by atoms with Crippen molar-refractivity contribution >= 4 is 32.7 Å². The van der Waals surface area contributed by atoms with E-state index in [9.17, 15) is 0 Å². The molecule has 3 aromatic heterocycles. The van der Waals surface area contributed by atoms with Crippen LogP contribution < -0.4 is 4.57 Å². The summed E-state index contributed by atoms with van der Waals surface area (Å²) in [5.74, 6) is 1.86. The monoisotopic (exact) mass is 600 g/mol. The Morgan fingerprint density at radius 2 is 1.09 bits per heavy atom. The van der Waals surface area contributed by atoms with Crippen molar-refractivity contribution in [3.63, 3.8) is 0 Å². The van der Waals surface area contributed by atoms with Gasteiger partial charge in [0, 0.05) is 34.0 Å². The van der Waals surface area contributed by atoms with Gasteiger partial charge in [-0.05, 0) is 53.1 Å². The molecule has 0 aliphatic carbocycles. The van der Waals surface area contributed by atoms with Crippen molar-refractivity contribution in [1.82, 2.24) is 19.5 Å². The van der Waals surface area contributed by atoms with Gasteiger partial charge in [0.2, 0.25) is 17.2 Å². The van der Waals surface area contributed by atoms with Gasteiger partial charge in [0.25, 0.3) is 0 Å². The maximum atomic E-state index is 5.20. The van der Waals surface area contributed by atoms with E-state index in [4.69, 9.17) is 15.0 Å². The average Bonchev–Trinajstić information content (AvgIpc) is 3.43. The second-order valence-electron chi connectivity index (χ2n) is 11.9. The normalized spacial score (nSPS) is 11.8. The third-order valence-corrected chi connectivity index (χ3v) is 9.24. The molecule has 0 spiro atoms. The van der Waals surface area contributed by atoms with Crippen LogP contribution in [-0.4, -0.2) is 19.5 Å². The second kappa shape index (κ2) is 10.0. The van der Waals surface area contributed by atoms with Gasteiger partial charge in [0.15, 0.2) is 17.8 Å². The van der Waals surface area contributed by atoms with Crippen LogP contribution in [0.3, 0.4) is 0 Å². The largest absolute Gasteiger partial charge is 0.277 e. The Morgan fingerprint density at radius 1 is 0.447 bits per heavy atom. The summed E-state index contributed by atoms with van der Waals surface area (Å²) < 4.78 is 4.59. The Kier molecular flexibility index (Phi) is 5.51. The Labute approximate surface area is 270 Å². The molecule has 0 unspecified atom stereocenters. The summed E-state index contributed by atoms with van der Waals surface area (Å²) in [6.07, 6.45) is 2.18. The smallest absolute Gasteiger partial charge is 0.238 e. The van der Waals surface area contributed by atoms with Gasteiger partial charge in [-0.15, -0.1) is 0 Å². The average molecular weight is 601 g/mol. The summed E-state index contributed by atoms with van der Waals surface area (Å²) in [6, 6.07) is 53.1. The van der Waals surface area contributed by atoms with Gasteiger partial charge in [0.05, 0.1) is 22.0 Å². The first kappa shape index (κ1) is 25.8. The molecule has 0 saturated heterocycles. The molecule has 4 heterocycles. The number of benzene rings is 6. The zero-order chi connectivity index (χ0) is 30.9. The topological polar surface area (TPSA) is 47.5 Å². The minimum Gasteiger partial charge on any atom is -0.277 e. The molecular weight excluding hydrogens is 574 g/mol. The maximum Gasteiger partial charge on any atom is 0.238 e. The fourth-order valence-corrected chi connectivity index (χ4v) is 7.16. The predicted octanol–water partition coefficient (Wildman–Crippen LogP) is 9.38. The first-order valence-corrected chi connectivity index (χ1v) is 15.8. The van der Waals surface area contributed by atoms with Crippen LogP contribution in [0.4, 0.5) is 0 Å². The number of fused-ring (bicyclic) bond motifs is 3. The molecule has 9 aromatic rings. The Morgan fingerprint density at radius 3 is 1.79 bits per heavy atom. The molecule has 0 saturated carbocycles. The van der Waals surface area contributed by atoms with Crippen molar-refractivity contribution in [2.24, 2.45) is 0 Å². The molecule has 0 fully saturated rings. The molecule has 10 rings (SSSR count). The molecule has 5 heteroatoms. The summed E-state index contributed by atoms with van der Waals surface area (Å²) in [5, 5.41) is 3.56. The standard InChI is InChI=1S/C42H26N5/c1-4-13-27(14-5-1)31-25-33-32-20-10-11-21-34(32)46-24-12-19-28-22-23-35-38(39(28)46)37(33)36(26-31)47(35)42-44-40(29-15-6-2-7-16-29)43-41(45-42)30-17-8-3-9-18-30/h1-26H/q+1. The van der Waals surface area contributed by atoms with Crippen LogP contribution in [0.15, 0.2) is 158 Å². The number of hydrogen-bond donors (Lipinski definition) is 0. The third kappa shape index (κ3) is 3.90. The van der Waals surface area contributed by atoms with Crippen molar-refractivity contribution in [3.05, 3.63) is 158 Å². The Balaban J connectivity index is 1.40. The Hall–Kier alpha value is -6.46. The van der Waals surface area contributed by atoms with Crippen molar-refractivity contribution in [2.75, 3.05) is 0 Å². The fourth-order valence-electron chi connectivity index (χ4n) is 7.16. The molecular formula is C42H26N5+. The molecule has 0 N–H and O–H groups in total. The summed E-state index contributed by atoms with van der Waals surface area (Å²) in [5.41, 5.74) is 11.0. The first-order valence-electron chi connectivity index (χ1n) is 15.8. The van der Waals surface area contributed by atoms with Crippen LogP contribution in [-0.2, 0) is 0 Å². The van der Waals surface area contributed by atoms with Crippen molar-refractivity contribution in [2.45, 2.75) is 0 Å². The number of nitrogens with zero attached hydrogens (tertiary/aromatic N) is 5. The lowest BCUT2D eigenvalue weighted by molar-refractivity contribution is -0.565. The number of aromatic nitrogens is 5. The molecule has 218 valence electrons. The zero-order valence-electron chi connectivity index (χ0n) is 25.2. The second-order valence-corrected chi connectivity index (χ2v) is 11.9. The number of rotatable bonds is 4.